The number of nitrogens with one attached hydrogen (secondary N) is 2. The molecular formula is C14H22N2O4. The van der Waals surface area contributed by atoms with Crippen molar-refractivity contribution in [2.24, 2.45) is 5.41 Å². The molecule has 0 aromatic heterocycles. The van der Waals surface area contributed by atoms with Crippen LogP contribution in [0.5, 0.6) is 0 Å². The standard InChI is InChI=1S/C14H22N2O4/c1-10(17)16-11(12(18)15-2)13-19-8-14(9-20-13)6-4-3-5-7-14/h3-4,11,13H,5-9H2,1-2H3,(H,15,18)(H,16,17). The molecule has 0 aromatic carbocycles. The van der Waals surface area contributed by atoms with E-state index in [4.69, 9.17) is 9.47 Å². The molecular weight excluding hydrogens is 260 g/mol. The van der Waals surface area contributed by atoms with Crippen molar-refractivity contribution in [2.45, 2.75) is 38.5 Å². The quantitative estimate of drug-likeness (QED) is 0.732. The normalized spacial score (nSPS) is 30.8. The molecule has 6 heteroatoms. The topological polar surface area (TPSA) is 76.7 Å². The Morgan fingerprint density at radius 1 is 1.30 bits per heavy atom. The van der Waals surface area contributed by atoms with Crippen LogP contribution in [0.1, 0.15) is 26.2 Å². The summed E-state index contributed by atoms with van der Waals surface area (Å²) < 4.78 is 11.5. The predicted molar refractivity (Wildman–Crippen MR) is 72.8 cm³/mol. The number of hydrogen-bond donors (Lipinski definition) is 2. The summed E-state index contributed by atoms with van der Waals surface area (Å²) in [6.07, 6.45) is 6.59. The number of carbonyl (C=O) groups is 2. The van der Waals surface area contributed by atoms with Crippen molar-refractivity contribution >= 4 is 11.8 Å². The van der Waals surface area contributed by atoms with Gasteiger partial charge in [0.1, 0.15) is 0 Å². The number of likely N-dealkylation sites (N-methyl/N-ethyl adjacent to an activating group) is 1. The van der Waals surface area contributed by atoms with Crippen LogP contribution in [0, 0.1) is 5.41 Å². The van der Waals surface area contributed by atoms with Crippen LogP contribution in [0.25, 0.3) is 0 Å². The van der Waals surface area contributed by atoms with Gasteiger partial charge in [-0.1, -0.05) is 12.2 Å². The van der Waals surface area contributed by atoms with Crippen LogP contribution in [-0.2, 0) is 19.1 Å². The van der Waals surface area contributed by atoms with E-state index in [0.717, 1.165) is 19.3 Å². The van der Waals surface area contributed by atoms with Gasteiger partial charge >= 0.3 is 0 Å². The van der Waals surface area contributed by atoms with E-state index in [-0.39, 0.29) is 17.2 Å². The Bertz CT molecular complexity index is 400. The molecule has 0 saturated carbocycles. The first kappa shape index (κ1) is 15.0. The van der Waals surface area contributed by atoms with Crippen molar-refractivity contribution in [3.63, 3.8) is 0 Å². The summed E-state index contributed by atoms with van der Waals surface area (Å²) in [7, 11) is 1.52. The van der Waals surface area contributed by atoms with Crippen LogP contribution in [-0.4, -0.2) is 44.4 Å². The summed E-state index contributed by atoms with van der Waals surface area (Å²) in [4.78, 5) is 23.0. The summed E-state index contributed by atoms with van der Waals surface area (Å²) in [5.41, 5.74) is 0.0225. The third-order valence-electron chi connectivity index (χ3n) is 3.83. The minimum Gasteiger partial charge on any atom is -0.357 e. The number of carbonyl (C=O) groups excluding carboxylic acids is 2. The smallest absolute Gasteiger partial charge is 0.247 e. The molecule has 2 amide bonds. The number of amides is 2. The average molecular weight is 282 g/mol. The summed E-state index contributed by atoms with van der Waals surface area (Å²) in [6.45, 7) is 2.47. The number of ether oxygens (including phenoxy) is 2. The van der Waals surface area contributed by atoms with Gasteiger partial charge < -0.3 is 20.1 Å². The van der Waals surface area contributed by atoms with Gasteiger partial charge in [0.2, 0.25) is 11.8 Å². The molecule has 0 radical (unpaired) electrons. The van der Waals surface area contributed by atoms with Crippen molar-refractivity contribution in [3.05, 3.63) is 12.2 Å². The number of rotatable bonds is 3. The van der Waals surface area contributed by atoms with E-state index in [1.54, 1.807) is 0 Å². The molecule has 1 spiro atoms. The molecule has 1 aliphatic carbocycles. The van der Waals surface area contributed by atoms with Crippen LogP contribution in [0.3, 0.4) is 0 Å². The Morgan fingerprint density at radius 2 is 2.00 bits per heavy atom. The van der Waals surface area contributed by atoms with Gasteiger partial charge in [-0.3, -0.25) is 9.59 Å². The molecule has 1 aliphatic heterocycles. The van der Waals surface area contributed by atoms with E-state index in [1.165, 1.54) is 14.0 Å². The first-order valence-corrected chi connectivity index (χ1v) is 6.93. The highest BCUT2D eigenvalue weighted by atomic mass is 16.7. The highest BCUT2D eigenvalue weighted by Crippen LogP contribution is 2.37. The van der Waals surface area contributed by atoms with Crippen molar-refractivity contribution in [1.29, 1.82) is 0 Å². The number of allylic oxidation sites excluding steroid dienone is 2. The molecule has 1 heterocycles. The summed E-state index contributed by atoms with van der Waals surface area (Å²) >= 11 is 0. The lowest BCUT2D eigenvalue weighted by atomic mass is 9.78. The Hall–Kier alpha value is -1.40. The molecule has 0 bridgehead atoms. The summed E-state index contributed by atoms with van der Waals surface area (Å²) in [5.74, 6) is -0.601. The molecule has 2 N–H and O–H groups in total. The van der Waals surface area contributed by atoms with E-state index >= 15 is 0 Å². The van der Waals surface area contributed by atoms with Crippen molar-refractivity contribution in [3.8, 4) is 0 Å². The van der Waals surface area contributed by atoms with Gasteiger partial charge in [0.15, 0.2) is 12.3 Å². The molecule has 2 aliphatic rings. The molecule has 0 aromatic rings. The van der Waals surface area contributed by atoms with Crippen LogP contribution < -0.4 is 10.6 Å². The molecule has 1 atom stereocenters. The number of hydrogen-bond acceptors (Lipinski definition) is 4. The van der Waals surface area contributed by atoms with E-state index in [1.807, 2.05) is 0 Å². The van der Waals surface area contributed by atoms with Gasteiger partial charge in [0.05, 0.1) is 13.2 Å². The summed E-state index contributed by atoms with van der Waals surface area (Å²) in [6, 6.07) is -0.811. The van der Waals surface area contributed by atoms with Crippen LogP contribution in [0.4, 0.5) is 0 Å². The molecule has 20 heavy (non-hydrogen) atoms. The monoisotopic (exact) mass is 282 g/mol. The minimum atomic E-state index is -0.811. The predicted octanol–water partition coefficient (Wildman–Crippen LogP) is 0.336. The van der Waals surface area contributed by atoms with Crippen molar-refractivity contribution in [2.75, 3.05) is 20.3 Å². The van der Waals surface area contributed by atoms with Gasteiger partial charge in [-0.15, -0.1) is 0 Å². The maximum Gasteiger partial charge on any atom is 0.247 e. The van der Waals surface area contributed by atoms with E-state index < -0.39 is 12.3 Å². The second-order valence-electron chi connectivity index (χ2n) is 5.50. The van der Waals surface area contributed by atoms with Crippen molar-refractivity contribution < 1.29 is 19.1 Å². The second kappa shape index (κ2) is 6.37. The largest absolute Gasteiger partial charge is 0.357 e. The van der Waals surface area contributed by atoms with E-state index in [9.17, 15) is 9.59 Å². The first-order valence-electron chi connectivity index (χ1n) is 6.93. The molecule has 1 saturated heterocycles. The molecule has 6 nitrogen and oxygen atoms in total. The Labute approximate surface area is 118 Å². The Balaban J connectivity index is 1.97. The summed E-state index contributed by atoms with van der Waals surface area (Å²) in [5, 5.41) is 5.09. The Kier molecular flexibility index (Phi) is 4.77. The highest BCUT2D eigenvalue weighted by molar-refractivity contribution is 5.87. The van der Waals surface area contributed by atoms with E-state index in [2.05, 4.69) is 22.8 Å². The fourth-order valence-corrected chi connectivity index (χ4v) is 2.64. The highest BCUT2D eigenvalue weighted by Gasteiger charge is 2.41. The van der Waals surface area contributed by atoms with Gasteiger partial charge in [0.25, 0.3) is 0 Å². The Morgan fingerprint density at radius 3 is 2.50 bits per heavy atom. The van der Waals surface area contributed by atoms with Gasteiger partial charge in [-0.05, 0) is 19.3 Å². The maximum absolute atomic E-state index is 11.8. The third kappa shape index (κ3) is 3.37. The SMILES string of the molecule is CNC(=O)C(NC(C)=O)C1OCC2(CC=CCC2)CO1. The first-order chi connectivity index (χ1) is 9.56. The van der Waals surface area contributed by atoms with Gasteiger partial charge in [-0.25, -0.2) is 0 Å². The second-order valence-corrected chi connectivity index (χ2v) is 5.50. The van der Waals surface area contributed by atoms with Crippen LogP contribution in [0.2, 0.25) is 0 Å². The molecule has 2 rings (SSSR count). The molecule has 1 unspecified atom stereocenters. The van der Waals surface area contributed by atoms with Crippen LogP contribution in [0.15, 0.2) is 12.2 Å². The molecule has 112 valence electrons. The minimum absolute atomic E-state index is 0.0225. The zero-order valence-corrected chi connectivity index (χ0v) is 12.0. The lowest BCUT2D eigenvalue weighted by Crippen LogP contribution is -2.57. The fraction of sp³-hybridized carbons (Fsp3) is 0.714. The lowest BCUT2D eigenvalue weighted by molar-refractivity contribution is -0.240. The average Bonchev–Trinajstić information content (AvgIpc) is 2.46. The molecule has 1 fully saturated rings. The van der Waals surface area contributed by atoms with Crippen molar-refractivity contribution in [1.82, 2.24) is 10.6 Å². The van der Waals surface area contributed by atoms with Gasteiger partial charge in [0, 0.05) is 19.4 Å². The van der Waals surface area contributed by atoms with E-state index in [0.29, 0.717) is 13.2 Å². The lowest BCUT2D eigenvalue weighted by Gasteiger charge is -2.42. The zero-order valence-electron chi connectivity index (χ0n) is 12.0. The third-order valence-corrected chi connectivity index (χ3v) is 3.83. The fourth-order valence-electron chi connectivity index (χ4n) is 2.64. The maximum atomic E-state index is 11.8. The van der Waals surface area contributed by atoms with Gasteiger partial charge in [-0.2, -0.15) is 0 Å². The zero-order chi connectivity index (χ0) is 14.6. The van der Waals surface area contributed by atoms with Crippen LogP contribution >= 0.6 is 0 Å².